The van der Waals surface area contributed by atoms with E-state index in [1.165, 1.54) is 18.1 Å². The maximum Gasteiger partial charge on any atom is 0.278 e. The topological polar surface area (TPSA) is 83.9 Å². The van der Waals surface area contributed by atoms with Crippen LogP contribution in [0.25, 0.3) is 16.9 Å². The number of hydrogen-bond donors (Lipinski definition) is 1. The van der Waals surface area contributed by atoms with Gasteiger partial charge in [0.15, 0.2) is 16.3 Å². The highest BCUT2D eigenvalue weighted by atomic mass is 32.2. The Balaban J connectivity index is 1.62. The number of hydrogen-bond acceptors (Lipinski definition) is 5. The fraction of sp³-hybridized carbons (Fsp3) is 0.368. The Kier molecular flexibility index (Phi) is 4.98. The molecule has 1 N–H and O–H groups in total. The van der Waals surface area contributed by atoms with Crippen LogP contribution >= 0.6 is 11.8 Å². The smallest absolute Gasteiger partial charge is 0.278 e. The molecule has 2 aromatic heterocycles. The van der Waals surface area contributed by atoms with E-state index >= 15 is 0 Å². The molecule has 1 saturated heterocycles. The van der Waals surface area contributed by atoms with Crippen LogP contribution in [0.15, 0.2) is 46.6 Å². The number of thioether (sulfide) groups is 1. The van der Waals surface area contributed by atoms with E-state index in [9.17, 15) is 9.59 Å². The Morgan fingerprint density at radius 3 is 2.74 bits per heavy atom. The summed E-state index contributed by atoms with van der Waals surface area (Å²) in [5.41, 5.74) is 1.35. The lowest BCUT2D eigenvalue weighted by molar-refractivity contribution is -0.129. The second-order valence-electron chi connectivity index (χ2n) is 6.82. The lowest BCUT2D eigenvalue weighted by atomic mass is 9.99. The van der Waals surface area contributed by atoms with Gasteiger partial charge >= 0.3 is 0 Å². The predicted molar refractivity (Wildman–Crippen MR) is 105 cm³/mol. The van der Waals surface area contributed by atoms with Crippen LogP contribution in [-0.4, -0.2) is 49.2 Å². The van der Waals surface area contributed by atoms with Gasteiger partial charge in [0.05, 0.1) is 12.1 Å². The van der Waals surface area contributed by atoms with E-state index in [0.717, 1.165) is 31.6 Å². The third-order valence-corrected chi connectivity index (χ3v) is 5.82. The fourth-order valence-corrected chi connectivity index (χ4v) is 4.18. The number of carbonyl (C=O) groups excluding carboxylic acids is 1. The number of fused-ring (bicyclic) bond motifs is 1. The number of carbonyl (C=O) groups is 1. The van der Waals surface area contributed by atoms with Gasteiger partial charge in [0.2, 0.25) is 5.91 Å². The Labute approximate surface area is 160 Å². The molecular formula is C19H21N5O2S. The number of nitrogens with one attached hydrogen (secondary N) is 1. The molecule has 0 bridgehead atoms. The summed E-state index contributed by atoms with van der Waals surface area (Å²) in [7, 11) is 0. The summed E-state index contributed by atoms with van der Waals surface area (Å²) >= 11 is 1.35. The largest absolute Gasteiger partial charge is 0.342 e. The third kappa shape index (κ3) is 3.62. The maximum absolute atomic E-state index is 12.6. The van der Waals surface area contributed by atoms with Gasteiger partial charge in [0.25, 0.3) is 5.56 Å². The molecular weight excluding hydrogens is 362 g/mol. The van der Waals surface area contributed by atoms with Crippen molar-refractivity contribution in [1.29, 1.82) is 0 Å². The minimum Gasteiger partial charge on any atom is -0.342 e. The van der Waals surface area contributed by atoms with Crippen molar-refractivity contribution in [2.75, 3.05) is 18.8 Å². The number of para-hydroxylation sites is 1. The Hall–Kier alpha value is -2.61. The summed E-state index contributed by atoms with van der Waals surface area (Å²) in [5, 5.41) is 0.596. The molecule has 3 aromatic rings. The Bertz CT molecular complexity index is 1010. The van der Waals surface area contributed by atoms with Crippen molar-refractivity contribution in [1.82, 2.24) is 24.4 Å². The van der Waals surface area contributed by atoms with Gasteiger partial charge in [-0.15, -0.1) is 0 Å². The number of piperidine rings is 1. The van der Waals surface area contributed by atoms with Crippen molar-refractivity contribution in [2.45, 2.75) is 24.9 Å². The summed E-state index contributed by atoms with van der Waals surface area (Å²) in [5.74, 6) is 1.09. The van der Waals surface area contributed by atoms with E-state index in [0.29, 0.717) is 22.5 Å². The molecule has 0 unspecified atom stereocenters. The van der Waals surface area contributed by atoms with Crippen LogP contribution in [0.2, 0.25) is 0 Å². The van der Waals surface area contributed by atoms with Crippen LogP contribution in [0, 0.1) is 5.92 Å². The number of imidazole rings is 1. The SMILES string of the molecule is CC1CCN(C(=O)CSc2nc3c(=O)[nH]cnc3n2-c2ccccc2)CC1. The zero-order valence-electron chi connectivity index (χ0n) is 15.1. The van der Waals surface area contributed by atoms with E-state index in [1.54, 1.807) is 0 Å². The molecule has 7 nitrogen and oxygen atoms in total. The van der Waals surface area contributed by atoms with Crippen molar-refractivity contribution in [2.24, 2.45) is 5.92 Å². The summed E-state index contributed by atoms with van der Waals surface area (Å²) < 4.78 is 1.83. The number of amides is 1. The lowest BCUT2D eigenvalue weighted by Crippen LogP contribution is -2.38. The van der Waals surface area contributed by atoms with Gasteiger partial charge in [0.1, 0.15) is 0 Å². The standard InChI is InChI=1S/C19H21N5O2S/c1-13-7-9-23(10-8-13)15(25)11-27-19-22-16-17(20-12-21-18(16)26)24(19)14-5-3-2-4-6-14/h2-6,12-13H,7-11H2,1H3,(H,20,21,26). The van der Waals surface area contributed by atoms with Crippen molar-refractivity contribution in [3.63, 3.8) is 0 Å². The molecule has 1 aliphatic heterocycles. The highest BCUT2D eigenvalue weighted by molar-refractivity contribution is 7.99. The summed E-state index contributed by atoms with van der Waals surface area (Å²) in [6.45, 7) is 3.86. The first kappa shape index (κ1) is 17.8. The molecule has 0 atom stereocenters. The van der Waals surface area contributed by atoms with Gasteiger partial charge in [-0.3, -0.25) is 14.2 Å². The molecule has 1 fully saturated rings. The van der Waals surface area contributed by atoms with Crippen LogP contribution < -0.4 is 5.56 Å². The average molecular weight is 383 g/mol. The van der Waals surface area contributed by atoms with Crippen molar-refractivity contribution < 1.29 is 4.79 Å². The highest BCUT2D eigenvalue weighted by Gasteiger charge is 2.22. The van der Waals surface area contributed by atoms with Crippen LogP contribution in [0.4, 0.5) is 0 Å². The van der Waals surface area contributed by atoms with Gasteiger partial charge in [-0.25, -0.2) is 9.97 Å². The lowest BCUT2D eigenvalue weighted by Gasteiger charge is -2.30. The summed E-state index contributed by atoms with van der Waals surface area (Å²) in [6, 6.07) is 9.63. The van der Waals surface area contributed by atoms with Gasteiger partial charge < -0.3 is 9.88 Å². The number of likely N-dealkylation sites (tertiary alicyclic amines) is 1. The summed E-state index contributed by atoms with van der Waals surface area (Å²) in [4.78, 5) is 38.0. The Morgan fingerprint density at radius 2 is 2.00 bits per heavy atom. The van der Waals surface area contributed by atoms with E-state index in [4.69, 9.17) is 0 Å². The van der Waals surface area contributed by atoms with Gasteiger partial charge in [0, 0.05) is 18.8 Å². The first-order valence-electron chi connectivity index (χ1n) is 9.05. The molecule has 1 amide bonds. The number of aromatic amines is 1. The van der Waals surface area contributed by atoms with Crippen molar-refractivity contribution in [3.05, 3.63) is 47.0 Å². The molecule has 8 heteroatoms. The van der Waals surface area contributed by atoms with Crippen molar-refractivity contribution >= 4 is 28.8 Å². The number of H-pyrrole nitrogens is 1. The number of nitrogens with zero attached hydrogens (tertiary/aromatic N) is 4. The van der Waals surface area contributed by atoms with Gasteiger partial charge in [-0.1, -0.05) is 36.9 Å². The van der Waals surface area contributed by atoms with Crippen LogP contribution in [0.1, 0.15) is 19.8 Å². The van der Waals surface area contributed by atoms with Gasteiger partial charge in [-0.05, 0) is 30.9 Å². The minimum atomic E-state index is -0.284. The molecule has 0 radical (unpaired) electrons. The first-order valence-corrected chi connectivity index (χ1v) is 10.0. The Morgan fingerprint density at radius 1 is 1.26 bits per heavy atom. The molecule has 140 valence electrons. The van der Waals surface area contributed by atoms with E-state index < -0.39 is 0 Å². The molecule has 1 aliphatic rings. The number of rotatable bonds is 4. The summed E-state index contributed by atoms with van der Waals surface area (Å²) in [6.07, 6.45) is 3.48. The fourth-order valence-electron chi connectivity index (χ4n) is 3.27. The number of aromatic nitrogens is 4. The van der Waals surface area contributed by atoms with Crippen LogP contribution in [0.3, 0.4) is 0 Å². The number of benzene rings is 1. The average Bonchev–Trinajstić information content (AvgIpc) is 3.07. The zero-order chi connectivity index (χ0) is 18.8. The first-order chi connectivity index (χ1) is 13.1. The molecule has 4 rings (SSSR count). The monoisotopic (exact) mass is 383 g/mol. The van der Waals surface area contributed by atoms with E-state index in [-0.39, 0.29) is 17.0 Å². The molecule has 3 heterocycles. The molecule has 0 aliphatic carbocycles. The normalized spacial score (nSPS) is 15.4. The minimum absolute atomic E-state index is 0.112. The highest BCUT2D eigenvalue weighted by Crippen LogP contribution is 2.26. The quantitative estimate of drug-likeness (QED) is 0.700. The predicted octanol–water partition coefficient (Wildman–Crippen LogP) is 2.46. The van der Waals surface area contributed by atoms with Crippen LogP contribution in [0.5, 0.6) is 0 Å². The molecule has 1 aromatic carbocycles. The maximum atomic E-state index is 12.6. The third-order valence-electron chi connectivity index (χ3n) is 4.90. The zero-order valence-corrected chi connectivity index (χ0v) is 15.9. The van der Waals surface area contributed by atoms with E-state index in [2.05, 4.69) is 21.9 Å². The van der Waals surface area contributed by atoms with Crippen molar-refractivity contribution in [3.8, 4) is 5.69 Å². The van der Waals surface area contributed by atoms with E-state index in [1.807, 2.05) is 39.8 Å². The molecule has 27 heavy (non-hydrogen) atoms. The molecule has 0 spiro atoms. The second kappa shape index (κ2) is 7.56. The van der Waals surface area contributed by atoms with Gasteiger partial charge in [-0.2, -0.15) is 0 Å². The second-order valence-corrected chi connectivity index (χ2v) is 7.76. The molecule has 0 saturated carbocycles. The van der Waals surface area contributed by atoms with Crippen LogP contribution in [-0.2, 0) is 4.79 Å².